The number of hydroxylamine groups is 1. The van der Waals surface area contributed by atoms with E-state index in [4.69, 9.17) is 23.8 Å². The van der Waals surface area contributed by atoms with E-state index < -0.39 is 21.8 Å². The largest absolute Gasteiger partial charge is 0.501 e. The maximum atomic E-state index is 12.8. The van der Waals surface area contributed by atoms with Crippen LogP contribution in [-0.2, 0) is 35.5 Å². The van der Waals surface area contributed by atoms with Gasteiger partial charge in [-0.25, -0.2) is 13.9 Å². The smallest absolute Gasteiger partial charge is 0.244 e. The maximum absolute atomic E-state index is 12.8. The average Bonchev–Trinajstić information content (AvgIpc) is 3.04. The van der Waals surface area contributed by atoms with Gasteiger partial charge in [-0.05, 0) is 66.9 Å². The first kappa shape index (κ1) is 31.7. The number of benzene rings is 3. The molecule has 0 heterocycles. The van der Waals surface area contributed by atoms with E-state index in [9.17, 15) is 13.2 Å². The average molecular weight is 608 g/mol. The van der Waals surface area contributed by atoms with Crippen molar-refractivity contribution in [1.82, 2.24) is 5.48 Å². The molecular weight excluding hydrogens is 570 g/mol. The second-order valence-corrected chi connectivity index (χ2v) is 12.2. The van der Waals surface area contributed by atoms with Crippen molar-refractivity contribution >= 4 is 15.7 Å². The topological polar surface area (TPSA) is 109 Å². The lowest BCUT2D eigenvalue weighted by molar-refractivity contribution is -0.141. The molecule has 1 aliphatic rings. The van der Waals surface area contributed by atoms with Crippen LogP contribution in [0.2, 0.25) is 0 Å². The lowest BCUT2D eigenvalue weighted by Gasteiger charge is -2.30. The number of rotatable bonds is 14. The number of carbonyl (C=O) groups is 1. The summed E-state index contributed by atoms with van der Waals surface area (Å²) in [5, 5.41) is 0. The van der Waals surface area contributed by atoms with E-state index in [0.29, 0.717) is 36.0 Å². The minimum atomic E-state index is -3.68. The van der Waals surface area contributed by atoms with Crippen LogP contribution < -0.4 is 15.0 Å². The molecule has 1 amide bonds. The van der Waals surface area contributed by atoms with E-state index in [1.54, 1.807) is 32.4 Å². The minimum Gasteiger partial charge on any atom is -0.501 e. The number of carbonyl (C=O) groups excluding carboxylic acids is 1. The molecule has 0 saturated carbocycles. The van der Waals surface area contributed by atoms with Crippen molar-refractivity contribution in [2.45, 2.75) is 37.4 Å². The summed E-state index contributed by atoms with van der Waals surface area (Å²) >= 11 is 0. The van der Waals surface area contributed by atoms with E-state index in [2.05, 4.69) is 5.48 Å². The molecular formula is C33H37NO8S. The van der Waals surface area contributed by atoms with Gasteiger partial charge in [0.15, 0.2) is 9.84 Å². The SMILES string of the molecule is COC1=CCC(C(ONC(=O)CCS(=O)(=O)c2ccc(OC)cc2)c2ccc(OCc3ccc(C)cc3)cc2)C(OC)=C1. The molecule has 0 fully saturated rings. The van der Waals surface area contributed by atoms with Gasteiger partial charge in [-0.3, -0.25) is 9.63 Å². The molecule has 9 nitrogen and oxygen atoms in total. The van der Waals surface area contributed by atoms with Gasteiger partial charge in [-0.15, -0.1) is 0 Å². The minimum absolute atomic E-state index is 0.113. The Hall–Kier alpha value is -4.28. The molecule has 43 heavy (non-hydrogen) atoms. The van der Waals surface area contributed by atoms with E-state index in [0.717, 1.165) is 11.1 Å². The summed E-state index contributed by atoms with van der Waals surface area (Å²) < 4.78 is 47.6. The highest BCUT2D eigenvalue weighted by atomic mass is 32.2. The van der Waals surface area contributed by atoms with E-state index >= 15 is 0 Å². The second kappa shape index (κ2) is 14.8. The highest BCUT2D eigenvalue weighted by Gasteiger charge is 2.32. The zero-order valence-corrected chi connectivity index (χ0v) is 25.6. The fraction of sp³-hybridized carbons (Fsp3) is 0.303. The quantitative estimate of drug-likeness (QED) is 0.236. The zero-order chi connectivity index (χ0) is 30.8. The fourth-order valence-electron chi connectivity index (χ4n) is 4.59. The maximum Gasteiger partial charge on any atom is 0.244 e. The lowest BCUT2D eigenvalue weighted by atomic mass is 9.88. The van der Waals surface area contributed by atoms with Crippen molar-refractivity contribution in [2.75, 3.05) is 27.1 Å². The van der Waals surface area contributed by atoms with Gasteiger partial charge >= 0.3 is 0 Å². The van der Waals surface area contributed by atoms with Crippen molar-refractivity contribution in [3.05, 3.63) is 113 Å². The summed E-state index contributed by atoms with van der Waals surface area (Å²) in [5.74, 6) is 1.29. The number of sulfone groups is 1. The van der Waals surface area contributed by atoms with Crippen LogP contribution in [0.25, 0.3) is 0 Å². The number of hydrogen-bond acceptors (Lipinski definition) is 8. The number of methoxy groups -OCH3 is 3. The molecule has 10 heteroatoms. The highest BCUT2D eigenvalue weighted by Crippen LogP contribution is 2.38. The van der Waals surface area contributed by atoms with Crippen molar-refractivity contribution < 1.29 is 37.0 Å². The number of ether oxygens (including phenoxy) is 4. The molecule has 4 rings (SSSR count). The van der Waals surface area contributed by atoms with E-state index in [1.165, 1.54) is 24.8 Å². The van der Waals surface area contributed by atoms with Gasteiger partial charge in [0.1, 0.15) is 35.7 Å². The van der Waals surface area contributed by atoms with E-state index in [-0.39, 0.29) is 23.0 Å². The zero-order valence-electron chi connectivity index (χ0n) is 24.7. The Morgan fingerprint density at radius 2 is 1.56 bits per heavy atom. The van der Waals surface area contributed by atoms with Crippen LogP contribution in [0.3, 0.4) is 0 Å². The molecule has 3 aromatic rings. The summed E-state index contributed by atoms with van der Waals surface area (Å²) in [7, 11) is 0.970. The molecule has 3 aromatic carbocycles. The Labute approximate surface area is 252 Å². The first-order valence-corrected chi connectivity index (χ1v) is 15.5. The van der Waals surface area contributed by atoms with Crippen LogP contribution in [0.5, 0.6) is 11.5 Å². The second-order valence-electron chi connectivity index (χ2n) is 10.1. The van der Waals surface area contributed by atoms with Gasteiger partial charge in [0, 0.05) is 12.5 Å². The van der Waals surface area contributed by atoms with Crippen LogP contribution in [0, 0.1) is 12.8 Å². The van der Waals surface area contributed by atoms with Gasteiger partial charge in [0.05, 0.1) is 37.9 Å². The van der Waals surface area contributed by atoms with Gasteiger partial charge in [0.2, 0.25) is 5.91 Å². The van der Waals surface area contributed by atoms with Gasteiger partial charge in [-0.2, -0.15) is 0 Å². The monoisotopic (exact) mass is 607 g/mol. The third-order valence-corrected chi connectivity index (χ3v) is 8.84. The molecule has 2 atom stereocenters. The van der Waals surface area contributed by atoms with Gasteiger partial charge in [-0.1, -0.05) is 42.0 Å². The standard InChI is InChI=1S/C33H37NO8S/c1-23-5-7-24(8-6-23)22-41-27-11-9-25(10-12-27)33(30-18-15-28(39-3)21-31(30)40-4)42-34-32(35)19-20-43(36,37)29-16-13-26(38-2)14-17-29/h5-17,21,30,33H,18-20,22H2,1-4H3,(H,34,35). The molecule has 1 aliphatic carbocycles. The number of allylic oxidation sites excluding steroid dienone is 2. The summed E-state index contributed by atoms with van der Waals surface area (Å²) in [6.07, 6.45) is 3.31. The Kier molecular flexibility index (Phi) is 10.9. The fourth-order valence-corrected chi connectivity index (χ4v) is 5.83. The van der Waals surface area contributed by atoms with Crippen molar-refractivity contribution in [3.63, 3.8) is 0 Å². The van der Waals surface area contributed by atoms with Crippen LogP contribution >= 0.6 is 0 Å². The molecule has 1 N–H and O–H groups in total. The number of aryl methyl sites for hydroxylation is 1. The van der Waals surface area contributed by atoms with Crippen LogP contribution in [0.15, 0.2) is 101 Å². The Balaban J connectivity index is 1.44. The first-order chi connectivity index (χ1) is 20.7. The Bertz CT molecular complexity index is 1530. The first-order valence-electron chi connectivity index (χ1n) is 13.8. The van der Waals surface area contributed by atoms with Crippen LogP contribution in [-0.4, -0.2) is 41.4 Å². The van der Waals surface area contributed by atoms with Gasteiger partial charge < -0.3 is 18.9 Å². The summed E-state index contributed by atoms with van der Waals surface area (Å²) in [4.78, 5) is 18.8. The molecule has 0 bridgehead atoms. The predicted molar refractivity (Wildman–Crippen MR) is 162 cm³/mol. The molecule has 0 radical (unpaired) electrons. The Morgan fingerprint density at radius 3 is 2.19 bits per heavy atom. The van der Waals surface area contributed by atoms with Crippen molar-refractivity contribution in [2.24, 2.45) is 5.92 Å². The van der Waals surface area contributed by atoms with Crippen molar-refractivity contribution in [3.8, 4) is 11.5 Å². The molecule has 2 unspecified atom stereocenters. The number of hydrogen-bond donors (Lipinski definition) is 1. The van der Waals surface area contributed by atoms with Crippen molar-refractivity contribution in [1.29, 1.82) is 0 Å². The third kappa shape index (κ3) is 8.62. The molecule has 0 spiro atoms. The third-order valence-electron chi connectivity index (χ3n) is 7.11. The predicted octanol–water partition coefficient (Wildman–Crippen LogP) is 5.62. The summed E-state index contributed by atoms with van der Waals surface area (Å²) in [6, 6.07) is 21.6. The Morgan fingerprint density at radius 1 is 0.884 bits per heavy atom. The molecule has 0 aromatic heterocycles. The normalized spacial score (nSPS) is 15.5. The number of amides is 1. The molecule has 228 valence electrons. The van der Waals surface area contributed by atoms with Crippen LogP contribution in [0.1, 0.15) is 35.6 Å². The van der Waals surface area contributed by atoms with Gasteiger partial charge in [0.25, 0.3) is 0 Å². The van der Waals surface area contributed by atoms with Crippen LogP contribution in [0.4, 0.5) is 0 Å². The molecule has 0 saturated heterocycles. The lowest BCUT2D eigenvalue weighted by Crippen LogP contribution is -2.31. The highest BCUT2D eigenvalue weighted by molar-refractivity contribution is 7.91. The summed E-state index contributed by atoms with van der Waals surface area (Å²) in [6.45, 7) is 2.47. The summed E-state index contributed by atoms with van der Waals surface area (Å²) in [5.41, 5.74) is 5.49. The number of nitrogens with one attached hydrogen (secondary N) is 1. The van der Waals surface area contributed by atoms with E-state index in [1.807, 2.05) is 61.5 Å². The molecule has 0 aliphatic heterocycles.